The summed E-state index contributed by atoms with van der Waals surface area (Å²) < 4.78 is 10.4. The van der Waals surface area contributed by atoms with Crippen LogP contribution in [0.5, 0.6) is 11.5 Å². The Balaban J connectivity index is 1.62. The molecule has 0 N–H and O–H groups in total. The van der Waals surface area contributed by atoms with Crippen LogP contribution in [0.3, 0.4) is 0 Å². The molecule has 0 amide bonds. The molecule has 1 saturated heterocycles. The Kier molecular flexibility index (Phi) is 5.71. The largest absolute Gasteiger partial charge is 0.497 e. The van der Waals surface area contributed by atoms with Gasteiger partial charge in [0.25, 0.3) is 0 Å². The molecule has 4 heteroatoms. The number of likely N-dealkylation sites (tertiary alicyclic amines) is 1. The molecule has 2 aromatic rings. The third kappa shape index (κ3) is 4.40. The van der Waals surface area contributed by atoms with Gasteiger partial charge in [0.1, 0.15) is 11.5 Å². The predicted molar refractivity (Wildman–Crippen MR) is 98.3 cm³/mol. The number of carbonyl (C=O) groups excluding carboxylic acids is 1. The summed E-state index contributed by atoms with van der Waals surface area (Å²) in [5, 5.41) is 0. The maximum absolute atomic E-state index is 12.8. The first-order chi connectivity index (χ1) is 12.2. The van der Waals surface area contributed by atoms with Gasteiger partial charge in [0.05, 0.1) is 14.2 Å². The Labute approximate surface area is 149 Å². The zero-order valence-corrected chi connectivity index (χ0v) is 14.9. The normalized spacial score (nSPS) is 17.9. The van der Waals surface area contributed by atoms with E-state index in [1.165, 1.54) is 5.56 Å². The van der Waals surface area contributed by atoms with Crippen molar-refractivity contribution >= 4 is 5.78 Å². The Morgan fingerprint density at radius 2 is 1.60 bits per heavy atom. The molecule has 1 unspecified atom stereocenters. The molecule has 1 heterocycles. The molecule has 1 aliphatic heterocycles. The van der Waals surface area contributed by atoms with Gasteiger partial charge in [-0.3, -0.25) is 9.69 Å². The smallest absolute Gasteiger partial charge is 0.167 e. The molecule has 1 aliphatic rings. The van der Waals surface area contributed by atoms with Gasteiger partial charge in [-0.15, -0.1) is 0 Å². The van der Waals surface area contributed by atoms with Crippen molar-refractivity contribution in [2.45, 2.75) is 19.4 Å². The fourth-order valence-corrected chi connectivity index (χ4v) is 3.39. The van der Waals surface area contributed by atoms with Crippen molar-refractivity contribution < 1.29 is 14.3 Å². The number of hydrogen-bond donors (Lipinski definition) is 0. The lowest BCUT2D eigenvalue weighted by Crippen LogP contribution is -2.38. The molecule has 25 heavy (non-hydrogen) atoms. The molecule has 3 rings (SSSR count). The Morgan fingerprint density at radius 3 is 2.20 bits per heavy atom. The summed E-state index contributed by atoms with van der Waals surface area (Å²) in [7, 11) is 3.31. The van der Waals surface area contributed by atoms with Crippen molar-refractivity contribution in [1.82, 2.24) is 4.90 Å². The number of Topliss-reactive ketones (excluding diaryl/α,β-unsaturated/α-hetero) is 1. The van der Waals surface area contributed by atoms with Crippen LogP contribution < -0.4 is 9.47 Å². The van der Waals surface area contributed by atoms with Crippen molar-refractivity contribution in [3.8, 4) is 11.5 Å². The highest BCUT2D eigenvalue weighted by Gasteiger charge is 2.26. The van der Waals surface area contributed by atoms with Crippen molar-refractivity contribution in [2.75, 3.05) is 27.3 Å². The number of piperidine rings is 1. The van der Waals surface area contributed by atoms with Gasteiger partial charge >= 0.3 is 0 Å². The molecule has 1 fully saturated rings. The summed E-state index contributed by atoms with van der Waals surface area (Å²) in [6.07, 6.45) is 2.02. The van der Waals surface area contributed by atoms with Crippen molar-refractivity contribution in [2.24, 2.45) is 5.92 Å². The average molecular weight is 339 g/mol. The first-order valence-corrected chi connectivity index (χ1v) is 8.73. The van der Waals surface area contributed by atoms with E-state index >= 15 is 0 Å². The zero-order valence-electron chi connectivity index (χ0n) is 14.9. The number of benzene rings is 2. The quantitative estimate of drug-likeness (QED) is 0.751. The monoisotopic (exact) mass is 339 g/mol. The summed E-state index contributed by atoms with van der Waals surface area (Å²) in [6.45, 7) is 2.73. The van der Waals surface area contributed by atoms with Gasteiger partial charge in [-0.05, 0) is 61.3 Å². The predicted octanol–water partition coefficient (Wildman–Crippen LogP) is 3.80. The molecule has 0 spiro atoms. The summed E-state index contributed by atoms with van der Waals surface area (Å²) in [5.74, 6) is 1.96. The highest BCUT2D eigenvalue weighted by Crippen LogP contribution is 2.24. The Morgan fingerprint density at radius 1 is 1.00 bits per heavy atom. The van der Waals surface area contributed by atoms with Crippen LogP contribution in [0.25, 0.3) is 0 Å². The minimum absolute atomic E-state index is 0.0698. The molecule has 2 aromatic carbocycles. The second-order valence-corrected chi connectivity index (χ2v) is 6.52. The number of hydrogen-bond acceptors (Lipinski definition) is 4. The number of methoxy groups -OCH3 is 2. The van der Waals surface area contributed by atoms with E-state index in [0.29, 0.717) is 0 Å². The topological polar surface area (TPSA) is 38.8 Å². The third-order valence-corrected chi connectivity index (χ3v) is 4.82. The first-order valence-electron chi connectivity index (χ1n) is 8.73. The maximum atomic E-state index is 12.8. The second-order valence-electron chi connectivity index (χ2n) is 6.52. The van der Waals surface area contributed by atoms with Gasteiger partial charge in [0.2, 0.25) is 0 Å². The molecule has 0 aliphatic carbocycles. The van der Waals surface area contributed by atoms with E-state index in [-0.39, 0.29) is 11.7 Å². The van der Waals surface area contributed by atoms with E-state index in [9.17, 15) is 4.79 Å². The van der Waals surface area contributed by atoms with E-state index in [2.05, 4.69) is 17.0 Å². The summed E-state index contributed by atoms with van der Waals surface area (Å²) in [4.78, 5) is 15.2. The van der Waals surface area contributed by atoms with Gasteiger partial charge in [-0.25, -0.2) is 0 Å². The van der Waals surface area contributed by atoms with Crippen LogP contribution in [-0.2, 0) is 6.54 Å². The number of ether oxygens (including phenoxy) is 2. The Hall–Kier alpha value is -2.33. The van der Waals surface area contributed by atoms with E-state index in [1.807, 2.05) is 36.4 Å². The lowest BCUT2D eigenvalue weighted by atomic mass is 9.90. The van der Waals surface area contributed by atoms with E-state index < -0.39 is 0 Å². The van der Waals surface area contributed by atoms with Gasteiger partial charge in [-0.1, -0.05) is 12.1 Å². The summed E-state index contributed by atoms with van der Waals surface area (Å²) in [6, 6.07) is 15.6. The molecular weight excluding hydrogens is 314 g/mol. The lowest BCUT2D eigenvalue weighted by Gasteiger charge is -2.32. The number of carbonyl (C=O) groups is 1. The third-order valence-electron chi connectivity index (χ3n) is 4.82. The van der Waals surface area contributed by atoms with Gasteiger partial charge in [0.15, 0.2) is 5.78 Å². The van der Waals surface area contributed by atoms with Crippen molar-refractivity contribution in [3.05, 3.63) is 59.7 Å². The van der Waals surface area contributed by atoms with Crippen LogP contribution >= 0.6 is 0 Å². The average Bonchev–Trinajstić information content (AvgIpc) is 2.68. The highest BCUT2D eigenvalue weighted by molar-refractivity contribution is 5.98. The van der Waals surface area contributed by atoms with Crippen LogP contribution in [0, 0.1) is 5.92 Å². The standard InChI is InChI=1S/C21H25NO3/c1-24-19-9-5-16(6-10-19)14-22-13-3-4-18(15-22)21(23)17-7-11-20(25-2)12-8-17/h5-12,18H,3-4,13-15H2,1-2H3. The van der Waals surface area contributed by atoms with Crippen LogP contribution in [0.15, 0.2) is 48.5 Å². The second kappa shape index (κ2) is 8.17. The first kappa shape index (κ1) is 17.5. The SMILES string of the molecule is COc1ccc(CN2CCCC(C(=O)c3ccc(OC)cc3)C2)cc1. The van der Waals surface area contributed by atoms with Crippen molar-refractivity contribution in [1.29, 1.82) is 0 Å². The number of rotatable bonds is 6. The van der Waals surface area contributed by atoms with Crippen molar-refractivity contribution in [3.63, 3.8) is 0 Å². The zero-order chi connectivity index (χ0) is 17.6. The molecule has 1 atom stereocenters. The van der Waals surface area contributed by atoms with Gasteiger partial charge in [-0.2, -0.15) is 0 Å². The molecule has 0 radical (unpaired) electrons. The maximum Gasteiger partial charge on any atom is 0.167 e. The molecule has 132 valence electrons. The highest BCUT2D eigenvalue weighted by atomic mass is 16.5. The summed E-state index contributed by atoms with van der Waals surface area (Å²) in [5.41, 5.74) is 2.02. The summed E-state index contributed by atoms with van der Waals surface area (Å²) >= 11 is 0. The molecule has 0 aromatic heterocycles. The fourth-order valence-electron chi connectivity index (χ4n) is 3.39. The van der Waals surface area contributed by atoms with E-state index in [0.717, 1.165) is 49.5 Å². The molecule has 0 bridgehead atoms. The molecular formula is C21H25NO3. The van der Waals surface area contributed by atoms with Crippen LogP contribution in [0.1, 0.15) is 28.8 Å². The molecule has 0 saturated carbocycles. The van der Waals surface area contributed by atoms with Crippen LogP contribution in [0.2, 0.25) is 0 Å². The number of nitrogens with zero attached hydrogens (tertiary/aromatic N) is 1. The minimum Gasteiger partial charge on any atom is -0.497 e. The Bertz CT molecular complexity index is 694. The van der Waals surface area contributed by atoms with Crippen LogP contribution in [0.4, 0.5) is 0 Å². The molecule has 4 nitrogen and oxygen atoms in total. The van der Waals surface area contributed by atoms with Gasteiger partial charge in [0, 0.05) is 24.6 Å². The minimum atomic E-state index is 0.0698. The number of ketones is 1. The van der Waals surface area contributed by atoms with Gasteiger partial charge < -0.3 is 9.47 Å². The van der Waals surface area contributed by atoms with E-state index in [4.69, 9.17) is 9.47 Å². The van der Waals surface area contributed by atoms with Crippen LogP contribution in [-0.4, -0.2) is 38.0 Å². The fraction of sp³-hybridized carbons (Fsp3) is 0.381. The lowest BCUT2D eigenvalue weighted by molar-refractivity contribution is 0.0811. The van der Waals surface area contributed by atoms with E-state index in [1.54, 1.807) is 14.2 Å².